The first-order chi connectivity index (χ1) is 13.5. The molecule has 8 heteroatoms. The van der Waals surface area contributed by atoms with E-state index in [2.05, 4.69) is 4.98 Å². The van der Waals surface area contributed by atoms with Crippen LogP contribution in [0.25, 0.3) is 10.6 Å². The van der Waals surface area contributed by atoms with Gasteiger partial charge in [-0.1, -0.05) is 23.7 Å². The van der Waals surface area contributed by atoms with Gasteiger partial charge < -0.3 is 14.2 Å². The molecule has 2 aromatic heterocycles. The van der Waals surface area contributed by atoms with Crippen LogP contribution in [0.1, 0.15) is 25.9 Å². The maximum Gasteiger partial charge on any atom is 0.289 e. The highest BCUT2D eigenvalue weighted by Gasteiger charge is 2.28. The van der Waals surface area contributed by atoms with E-state index in [0.717, 1.165) is 10.6 Å². The number of furan rings is 1. The number of thiazole rings is 1. The van der Waals surface area contributed by atoms with Crippen molar-refractivity contribution in [3.8, 4) is 10.6 Å². The summed E-state index contributed by atoms with van der Waals surface area (Å²) in [5, 5.41) is 1.46. The molecule has 3 aromatic rings. The van der Waals surface area contributed by atoms with Crippen LogP contribution in [-0.4, -0.2) is 52.8 Å². The Morgan fingerprint density at radius 2 is 1.68 bits per heavy atom. The molecule has 1 saturated heterocycles. The molecule has 1 fully saturated rings. The van der Waals surface area contributed by atoms with Crippen molar-refractivity contribution in [2.45, 2.75) is 6.92 Å². The Hall–Kier alpha value is -2.64. The third-order valence-electron chi connectivity index (χ3n) is 4.67. The molecule has 0 bridgehead atoms. The van der Waals surface area contributed by atoms with Gasteiger partial charge in [0.15, 0.2) is 5.76 Å². The quantitative estimate of drug-likeness (QED) is 0.649. The fourth-order valence-electron chi connectivity index (χ4n) is 3.12. The number of carbonyl (C=O) groups excluding carboxylic acids is 2. The van der Waals surface area contributed by atoms with Gasteiger partial charge in [0.25, 0.3) is 11.8 Å². The lowest BCUT2D eigenvalue weighted by molar-refractivity contribution is 0.0520. The van der Waals surface area contributed by atoms with Gasteiger partial charge >= 0.3 is 0 Å². The molecule has 0 radical (unpaired) electrons. The molecule has 0 unspecified atom stereocenters. The summed E-state index contributed by atoms with van der Waals surface area (Å²) in [6.07, 6.45) is 1.48. The van der Waals surface area contributed by atoms with E-state index in [4.69, 9.17) is 16.0 Å². The van der Waals surface area contributed by atoms with Crippen LogP contribution >= 0.6 is 22.9 Å². The third kappa shape index (κ3) is 3.68. The van der Waals surface area contributed by atoms with E-state index in [1.165, 1.54) is 17.6 Å². The summed E-state index contributed by atoms with van der Waals surface area (Å²) in [6.45, 7) is 3.78. The van der Waals surface area contributed by atoms with E-state index in [1.54, 1.807) is 21.9 Å². The lowest BCUT2D eigenvalue weighted by Crippen LogP contribution is -2.50. The number of amides is 2. The molecule has 1 aromatic carbocycles. The highest BCUT2D eigenvalue weighted by atomic mass is 35.5. The third-order valence-corrected chi connectivity index (χ3v) is 6.11. The van der Waals surface area contributed by atoms with Crippen molar-refractivity contribution in [3.05, 3.63) is 64.0 Å². The lowest BCUT2D eigenvalue weighted by Gasteiger charge is -2.34. The van der Waals surface area contributed by atoms with Crippen LogP contribution in [0, 0.1) is 6.92 Å². The number of rotatable bonds is 3. The smallest absolute Gasteiger partial charge is 0.289 e. The first-order valence-electron chi connectivity index (χ1n) is 8.88. The number of carbonyl (C=O) groups is 2. The van der Waals surface area contributed by atoms with Crippen LogP contribution in [0.15, 0.2) is 47.1 Å². The Morgan fingerprint density at radius 1 is 1.04 bits per heavy atom. The molecule has 0 atom stereocenters. The van der Waals surface area contributed by atoms with Crippen LogP contribution in [0.3, 0.4) is 0 Å². The van der Waals surface area contributed by atoms with Crippen molar-refractivity contribution in [1.29, 1.82) is 0 Å². The first kappa shape index (κ1) is 18.7. The zero-order valence-electron chi connectivity index (χ0n) is 15.2. The minimum atomic E-state index is -0.143. The van der Waals surface area contributed by atoms with E-state index < -0.39 is 0 Å². The minimum Gasteiger partial charge on any atom is -0.459 e. The summed E-state index contributed by atoms with van der Waals surface area (Å²) in [5.41, 5.74) is 1.65. The van der Waals surface area contributed by atoms with Crippen molar-refractivity contribution in [3.63, 3.8) is 0 Å². The second kappa shape index (κ2) is 7.77. The molecule has 0 saturated carbocycles. The van der Waals surface area contributed by atoms with Crippen molar-refractivity contribution < 1.29 is 14.0 Å². The first-order valence-corrected chi connectivity index (χ1v) is 10.1. The van der Waals surface area contributed by atoms with Gasteiger partial charge in [-0.2, -0.15) is 0 Å². The fourth-order valence-corrected chi connectivity index (χ4v) is 4.29. The van der Waals surface area contributed by atoms with Gasteiger partial charge in [0.1, 0.15) is 9.88 Å². The van der Waals surface area contributed by atoms with Crippen LogP contribution < -0.4 is 0 Å². The van der Waals surface area contributed by atoms with Crippen molar-refractivity contribution in [2.75, 3.05) is 26.2 Å². The van der Waals surface area contributed by atoms with E-state index in [1.807, 2.05) is 31.2 Å². The van der Waals surface area contributed by atoms with Crippen LogP contribution in [0.4, 0.5) is 0 Å². The van der Waals surface area contributed by atoms with Gasteiger partial charge in [0.05, 0.1) is 12.0 Å². The highest BCUT2D eigenvalue weighted by molar-refractivity contribution is 7.17. The van der Waals surface area contributed by atoms with Crippen molar-refractivity contribution in [2.24, 2.45) is 0 Å². The summed E-state index contributed by atoms with van der Waals surface area (Å²) in [7, 11) is 0. The van der Waals surface area contributed by atoms with Crippen molar-refractivity contribution in [1.82, 2.24) is 14.8 Å². The fraction of sp³-hybridized carbons (Fsp3) is 0.250. The predicted octanol–water partition coefficient (Wildman–Crippen LogP) is 3.96. The summed E-state index contributed by atoms with van der Waals surface area (Å²) < 4.78 is 5.17. The Labute approximate surface area is 171 Å². The average molecular weight is 416 g/mol. The molecule has 6 nitrogen and oxygen atoms in total. The average Bonchev–Trinajstić information content (AvgIpc) is 3.38. The molecule has 28 heavy (non-hydrogen) atoms. The summed E-state index contributed by atoms with van der Waals surface area (Å²) in [5.74, 6) is 0.141. The largest absolute Gasteiger partial charge is 0.459 e. The van der Waals surface area contributed by atoms with E-state index >= 15 is 0 Å². The Balaban J connectivity index is 1.44. The van der Waals surface area contributed by atoms with Gasteiger partial charge in [0.2, 0.25) is 0 Å². The zero-order chi connectivity index (χ0) is 19.7. The zero-order valence-corrected chi connectivity index (χ0v) is 16.8. The number of hydrogen-bond acceptors (Lipinski definition) is 5. The number of benzene rings is 1. The maximum absolute atomic E-state index is 13.0. The van der Waals surface area contributed by atoms with E-state index in [9.17, 15) is 9.59 Å². The molecule has 2 amide bonds. The molecule has 1 aliphatic heterocycles. The second-order valence-corrected chi connectivity index (χ2v) is 7.94. The monoisotopic (exact) mass is 415 g/mol. The Kier molecular flexibility index (Phi) is 5.19. The topological polar surface area (TPSA) is 66.7 Å². The summed E-state index contributed by atoms with van der Waals surface area (Å²) in [6, 6.07) is 10.8. The number of halogens is 1. The SMILES string of the molecule is Cc1nc(-c2ccc(Cl)cc2)sc1C(=O)N1CCN(C(=O)c2ccco2)CC1. The van der Waals surface area contributed by atoms with Crippen LogP contribution in [-0.2, 0) is 0 Å². The van der Waals surface area contributed by atoms with Gasteiger partial charge in [-0.25, -0.2) is 4.98 Å². The summed E-state index contributed by atoms with van der Waals surface area (Å²) in [4.78, 5) is 34.0. The Morgan fingerprint density at radius 3 is 2.29 bits per heavy atom. The number of piperazine rings is 1. The van der Waals surface area contributed by atoms with E-state index in [-0.39, 0.29) is 11.8 Å². The second-order valence-electron chi connectivity index (χ2n) is 6.50. The van der Waals surface area contributed by atoms with Crippen LogP contribution in [0.5, 0.6) is 0 Å². The highest BCUT2D eigenvalue weighted by Crippen LogP contribution is 2.30. The molecule has 4 rings (SSSR count). The normalized spacial score (nSPS) is 14.4. The standard InChI is InChI=1S/C20H18ClN3O3S/c1-13-17(28-18(22-13)14-4-6-15(21)7-5-14)20(26)24-10-8-23(9-11-24)19(25)16-3-2-12-27-16/h2-7,12H,8-11H2,1H3. The number of aromatic nitrogens is 1. The van der Waals surface area contributed by atoms with E-state index in [0.29, 0.717) is 47.5 Å². The lowest BCUT2D eigenvalue weighted by atomic mass is 10.2. The number of aryl methyl sites for hydroxylation is 1. The molecule has 1 aliphatic rings. The van der Waals surface area contributed by atoms with Crippen LogP contribution in [0.2, 0.25) is 5.02 Å². The van der Waals surface area contributed by atoms with Gasteiger partial charge in [-0.3, -0.25) is 9.59 Å². The minimum absolute atomic E-state index is 0.0414. The molecular weight excluding hydrogens is 398 g/mol. The van der Waals surface area contributed by atoms with Gasteiger partial charge in [0, 0.05) is 36.8 Å². The molecule has 0 N–H and O–H groups in total. The van der Waals surface area contributed by atoms with Gasteiger partial charge in [-0.05, 0) is 31.2 Å². The molecular formula is C20H18ClN3O3S. The Bertz CT molecular complexity index is 990. The molecule has 0 spiro atoms. The molecule has 0 aliphatic carbocycles. The van der Waals surface area contributed by atoms with Crippen molar-refractivity contribution >= 4 is 34.8 Å². The number of nitrogens with zero attached hydrogens (tertiary/aromatic N) is 3. The van der Waals surface area contributed by atoms with Gasteiger partial charge in [-0.15, -0.1) is 11.3 Å². The molecule has 3 heterocycles. The maximum atomic E-state index is 13.0. The summed E-state index contributed by atoms with van der Waals surface area (Å²) >= 11 is 7.33. The molecule has 144 valence electrons. The number of hydrogen-bond donors (Lipinski definition) is 0. The predicted molar refractivity (Wildman–Crippen MR) is 108 cm³/mol.